The van der Waals surface area contributed by atoms with E-state index >= 15 is 0 Å². The van der Waals surface area contributed by atoms with Crippen LogP contribution < -0.4 is 4.90 Å². The number of hydrogen-bond donors (Lipinski definition) is 0. The summed E-state index contributed by atoms with van der Waals surface area (Å²) < 4.78 is 59.5. The molecule has 154 valence electrons. The van der Waals surface area contributed by atoms with Crippen molar-refractivity contribution < 1.29 is 26.7 Å². The Morgan fingerprint density at radius 2 is 1.79 bits per heavy atom. The zero-order valence-electron chi connectivity index (χ0n) is 15.1. The third-order valence-electron chi connectivity index (χ3n) is 5.15. The number of piperidine rings is 1. The van der Waals surface area contributed by atoms with E-state index in [0.717, 1.165) is 12.1 Å². The Labute approximate surface area is 171 Å². The molecule has 2 heterocycles. The van der Waals surface area contributed by atoms with Crippen LogP contribution in [0.3, 0.4) is 0 Å². The summed E-state index contributed by atoms with van der Waals surface area (Å²) in [6.45, 7) is 0.183. The van der Waals surface area contributed by atoms with Gasteiger partial charge in [0.2, 0.25) is 10.0 Å². The van der Waals surface area contributed by atoms with Crippen LogP contribution >= 0.6 is 11.6 Å². The minimum atomic E-state index is -4.06. The van der Waals surface area contributed by atoms with Gasteiger partial charge in [0.1, 0.15) is 23.1 Å². The molecule has 2 aliphatic heterocycles. The van der Waals surface area contributed by atoms with E-state index in [4.69, 9.17) is 16.3 Å². The first-order chi connectivity index (χ1) is 13.8. The summed E-state index contributed by atoms with van der Waals surface area (Å²) in [5.74, 6) is -1.29. The lowest BCUT2D eigenvalue weighted by Gasteiger charge is -2.39. The molecule has 10 heteroatoms. The molecule has 0 atom stereocenters. The fourth-order valence-electron chi connectivity index (χ4n) is 3.71. The van der Waals surface area contributed by atoms with Crippen LogP contribution in [0, 0.1) is 11.6 Å². The van der Waals surface area contributed by atoms with Crippen molar-refractivity contribution in [1.29, 1.82) is 0 Å². The van der Waals surface area contributed by atoms with Crippen LogP contribution in [0.1, 0.15) is 18.4 Å². The van der Waals surface area contributed by atoms with E-state index < -0.39 is 32.6 Å². The van der Waals surface area contributed by atoms with Crippen molar-refractivity contribution in [3.63, 3.8) is 0 Å². The van der Waals surface area contributed by atoms with Crippen LogP contribution in [-0.4, -0.2) is 37.9 Å². The standard InChI is InChI=1S/C19H17ClF2N2O4S/c20-13-1-3-16(22)18(10-13)29(26,27)23-7-5-15(6-8-23)24-17-4-2-14(21)9-12(17)11-28-19(24)25/h1-4,9-10,15H,5-8,11H2. The number of fused-ring (bicyclic) bond motifs is 1. The maximum atomic E-state index is 14.1. The van der Waals surface area contributed by atoms with Gasteiger partial charge >= 0.3 is 6.09 Å². The van der Waals surface area contributed by atoms with Gasteiger partial charge in [-0.25, -0.2) is 22.0 Å². The molecule has 0 N–H and O–H groups in total. The highest BCUT2D eigenvalue weighted by Gasteiger charge is 2.37. The normalized spacial score (nSPS) is 18.4. The molecule has 29 heavy (non-hydrogen) atoms. The Balaban J connectivity index is 1.54. The van der Waals surface area contributed by atoms with Crippen LogP contribution in [0.25, 0.3) is 0 Å². The largest absolute Gasteiger partial charge is 0.444 e. The van der Waals surface area contributed by atoms with Gasteiger partial charge in [0.25, 0.3) is 0 Å². The number of amides is 1. The summed E-state index contributed by atoms with van der Waals surface area (Å²) in [5, 5.41) is 0.125. The van der Waals surface area contributed by atoms with Gasteiger partial charge in [0.05, 0.1) is 5.69 Å². The first-order valence-electron chi connectivity index (χ1n) is 8.97. The average molecular weight is 443 g/mol. The van der Waals surface area contributed by atoms with E-state index in [1.54, 1.807) is 0 Å². The lowest BCUT2D eigenvalue weighted by molar-refractivity contribution is 0.135. The molecule has 4 rings (SSSR count). The van der Waals surface area contributed by atoms with Crippen molar-refractivity contribution in [1.82, 2.24) is 4.31 Å². The number of hydrogen-bond acceptors (Lipinski definition) is 4. The van der Waals surface area contributed by atoms with Gasteiger partial charge in [-0.1, -0.05) is 11.6 Å². The summed E-state index contributed by atoms with van der Waals surface area (Å²) in [6, 6.07) is 7.18. The summed E-state index contributed by atoms with van der Waals surface area (Å²) in [5.41, 5.74) is 1.12. The maximum absolute atomic E-state index is 14.1. The van der Waals surface area contributed by atoms with Gasteiger partial charge in [0.15, 0.2) is 0 Å². The molecule has 1 saturated heterocycles. The number of benzene rings is 2. The number of cyclic esters (lactones) is 1. The van der Waals surface area contributed by atoms with E-state index in [2.05, 4.69) is 0 Å². The molecule has 1 fully saturated rings. The number of sulfonamides is 1. The minimum absolute atomic E-state index is 0.0102. The van der Waals surface area contributed by atoms with Crippen LogP contribution in [0.15, 0.2) is 41.3 Å². The van der Waals surface area contributed by atoms with E-state index in [-0.39, 0.29) is 30.8 Å². The molecule has 2 aromatic carbocycles. The number of carbonyl (C=O) groups is 1. The minimum Gasteiger partial charge on any atom is -0.444 e. The van der Waals surface area contributed by atoms with Crippen LogP contribution in [0.4, 0.5) is 19.3 Å². The lowest BCUT2D eigenvalue weighted by Crippen LogP contribution is -2.50. The topological polar surface area (TPSA) is 66.9 Å². The first-order valence-corrected chi connectivity index (χ1v) is 10.8. The SMILES string of the molecule is O=C1OCc2cc(F)ccc2N1C1CCN(S(=O)(=O)c2cc(Cl)ccc2F)CC1. The van der Waals surface area contributed by atoms with Crippen LogP contribution in [-0.2, 0) is 21.4 Å². The molecule has 0 radical (unpaired) electrons. The summed E-state index contributed by atoms with van der Waals surface area (Å²) in [4.78, 5) is 13.3. The van der Waals surface area contributed by atoms with E-state index in [9.17, 15) is 22.0 Å². The molecule has 1 amide bonds. The number of carbonyl (C=O) groups excluding carboxylic acids is 1. The van der Waals surface area contributed by atoms with Crippen molar-refractivity contribution >= 4 is 33.4 Å². The van der Waals surface area contributed by atoms with Crippen LogP contribution in [0.5, 0.6) is 0 Å². The molecule has 0 bridgehead atoms. The predicted molar refractivity (Wildman–Crippen MR) is 102 cm³/mol. The molecule has 0 aromatic heterocycles. The monoisotopic (exact) mass is 442 g/mol. The van der Waals surface area contributed by atoms with Gasteiger partial charge in [-0.2, -0.15) is 4.31 Å². The fraction of sp³-hybridized carbons (Fsp3) is 0.316. The van der Waals surface area contributed by atoms with Crippen molar-refractivity contribution in [2.45, 2.75) is 30.4 Å². The Bertz CT molecular complexity index is 1070. The smallest absolute Gasteiger partial charge is 0.414 e. The Morgan fingerprint density at radius 3 is 2.52 bits per heavy atom. The Morgan fingerprint density at radius 1 is 1.07 bits per heavy atom. The molecule has 6 nitrogen and oxygen atoms in total. The molecular formula is C19H17ClF2N2O4S. The third-order valence-corrected chi connectivity index (χ3v) is 7.30. The van der Waals surface area contributed by atoms with Gasteiger partial charge in [-0.15, -0.1) is 0 Å². The molecular weight excluding hydrogens is 426 g/mol. The van der Waals surface area contributed by atoms with Gasteiger partial charge in [-0.3, -0.25) is 4.90 Å². The number of ether oxygens (including phenoxy) is 1. The van der Waals surface area contributed by atoms with E-state index in [0.29, 0.717) is 24.1 Å². The molecule has 0 saturated carbocycles. The average Bonchev–Trinajstić information content (AvgIpc) is 2.70. The number of nitrogens with zero attached hydrogens (tertiary/aromatic N) is 2. The molecule has 2 aliphatic rings. The summed E-state index contributed by atoms with van der Waals surface area (Å²) in [7, 11) is -4.06. The number of halogens is 3. The van der Waals surface area contributed by atoms with Crippen molar-refractivity contribution in [3.8, 4) is 0 Å². The van der Waals surface area contributed by atoms with E-state index in [1.807, 2.05) is 0 Å². The zero-order chi connectivity index (χ0) is 20.8. The fourth-order valence-corrected chi connectivity index (χ4v) is 5.51. The maximum Gasteiger partial charge on any atom is 0.414 e. The summed E-state index contributed by atoms with van der Waals surface area (Å²) in [6.07, 6.45) is 0.104. The zero-order valence-corrected chi connectivity index (χ0v) is 16.7. The van der Waals surface area contributed by atoms with Gasteiger partial charge in [-0.05, 0) is 49.2 Å². The second-order valence-corrected chi connectivity index (χ2v) is 9.25. The highest BCUT2D eigenvalue weighted by Crippen LogP contribution is 2.33. The molecule has 2 aromatic rings. The van der Waals surface area contributed by atoms with Crippen molar-refractivity contribution in [2.24, 2.45) is 0 Å². The van der Waals surface area contributed by atoms with Gasteiger partial charge in [0, 0.05) is 29.7 Å². The Hall–Kier alpha value is -2.23. The highest BCUT2D eigenvalue weighted by atomic mass is 35.5. The van der Waals surface area contributed by atoms with Crippen molar-refractivity contribution in [3.05, 3.63) is 58.6 Å². The highest BCUT2D eigenvalue weighted by molar-refractivity contribution is 7.89. The van der Waals surface area contributed by atoms with Crippen molar-refractivity contribution in [2.75, 3.05) is 18.0 Å². The summed E-state index contributed by atoms with van der Waals surface area (Å²) >= 11 is 5.83. The van der Waals surface area contributed by atoms with E-state index in [1.165, 1.54) is 33.5 Å². The second-order valence-electron chi connectivity index (χ2n) is 6.91. The first kappa shape index (κ1) is 20.1. The molecule has 0 aliphatic carbocycles. The Kier molecular flexibility index (Phi) is 5.22. The molecule has 0 unspecified atom stereocenters. The quantitative estimate of drug-likeness (QED) is 0.722. The van der Waals surface area contributed by atoms with Crippen LogP contribution in [0.2, 0.25) is 5.02 Å². The second kappa shape index (κ2) is 7.55. The van der Waals surface area contributed by atoms with Gasteiger partial charge < -0.3 is 4.74 Å². The number of anilines is 1. The number of rotatable bonds is 3. The third kappa shape index (κ3) is 3.70. The molecule has 0 spiro atoms. The lowest BCUT2D eigenvalue weighted by atomic mass is 10.0. The predicted octanol–water partition coefficient (Wildman–Crippen LogP) is 3.93.